The standard InChI is InChI=1S/C25H22N4O4/c30-24(17-28-18-26-23-12-11-21(29(32)33)15-22(23)25(28)31)27(16-20-9-5-2-6-10-20)14-13-19-7-3-1-4-8-19/h1-12,15,18H,13-14,16-17H2. The van der Waals surface area contributed by atoms with Gasteiger partial charge in [0.15, 0.2) is 0 Å². The van der Waals surface area contributed by atoms with E-state index in [0.717, 1.165) is 11.1 Å². The van der Waals surface area contributed by atoms with Crippen molar-refractivity contribution in [3.63, 3.8) is 0 Å². The molecular weight excluding hydrogens is 420 g/mol. The van der Waals surface area contributed by atoms with Crippen LogP contribution in [-0.4, -0.2) is 31.8 Å². The second-order valence-electron chi connectivity index (χ2n) is 7.67. The zero-order valence-electron chi connectivity index (χ0n) is 17.8. The molecule has 0 aliphatic rings. The maximum Gasteiger partial charge on any atom is 0.270 e. The first kappa shape index (κ1) is 21.9. The molecule has 0 saturated carbocycles. The maximum absolute atomic E-state index is 13.2. The second-order valence-corrected chi connectivity index (χ2v) is 7.67. The summed E-state index contributed by atoms with van der Waals surface area (Å²) in [6.07, 6.45) is 1.99. The number of nitrogens with zero attached hydrogens (tertiary/aromatic N) is 4. The molecule has 8 heteroatoms. The summed E-state index contributed by atoms with van der Waals surface area (Å²) in [6, 6.07) is 23.5. The predicted molar refractivity (Wildman–Crippen MR) is 125 cm³/mol. The first-order valence-corrected chi connectivity index (χ1v) is 10.5. The fraction of sp³-hybridized carbons (Fsp3) is 0.160. The van der Waals surface area contributed by atoms with E-state index in [0.29, 0.717) is 25.0 Å². The number of nitro benzene ring substituents is 1. The number of rotatable bonds is 8. The largest absolute Gasteiger partial charge is 0.336 e. The lowest BCUT2D eigenvalue weighted by molar-refractivity contribution is -0.384. The molecule has 1 amide bonds. The smallest absolute Gasteiger partial charge is 0.270 e. The SMILES string of the molecule is O=C(Cn1cnc2ccc([N+](=O)[O-])cc2c1=O)N(CCc1ccccc1)Cc1ccccc1. The molecule has 0 bridgehead atoms. The number of hydrogen-bond donors (Lipinski definition) is 0. The molecule has 1 aromatic heterocycles. The number of benzene rings is 3. The van der Waals surface area contributed by atoms with Crippen molar-refractivity contribution in [1.82, 2.24) is 14.5 Å². The molecule has 4 rings (SSSR count). The van der Waals surface area contributed by atoms with Crippen LogP contribution in [-0.2, 0) is 24.3 Å². The third-order valence-corrected chi connectivity index (χ3v) is 5.41. The van der Waals surface area contributed by atoms with E-state index in [1.54, 1.807) is 4.90 Å². The number of aromatic nitrogens is 2. The molecule has 0 aliphatic carbocycles. The highest BCUT2D eigenvalue weighted by molar-refractivity contribution is 5.81. The van der Waals surface area contributed by atoms with Crippen LogP contribution in [0.15, 0.2) is 90.0 Å². The predicted octanol–water partition coefficient (Wildman–Crippen LogP) is 3.58. The van der Waals surface area contributed by atoms with Crippen molar-refractivity contribution >= 4 is 22.5 Å². The number of nitro groups is 1. The summed E-state index contributed by atoms with van der Waals surface area (Å²) in [6.45, 7) is 0.693. The lowest BCUT2D eigenvalue weighted by Gasteiger charge is -2.23. The van der Waals surface area contributed by atoms with Crippen LogP contribution < -0.4 is 5.56 Å². The Hall–Kier alpha value is -4.33. The number of non-ortho nitro benzene ring substituents is 1. The summed E-state index contributed by atoms with van der Waals surface area (Å²) in [5.74, 6) is -0.233. The van der Waals surface area contributed by atoms with Crippen LogP contribution in [0.2, 0.25) is 0 Å². The second kappa shape index (κ2) is 9.86. The van der Waals surface area contributed by atoms with Crippen LogP contribution in [0.4, 0.5) is 5.69 Å². The normalized spacial score (nSPS) is 10.8. The van der Waals surface area contributed by atoms with E-state index in [-0.39, 0.29) is 23.5 Å². The van der Waals surface area contributed by atoms with Crippen molar-refractivity contribution in [3.8, 4) is 0 Å². The highest BCUT2D eigenvalue weighted by Gasteiger charge is 2.17. The first-order chi connectivity index (χ1) is 16.0. The van der Waals surface area contributed by atoms with E-state index in [1.807, 2.05) is 60.7 Å². The quantitative estimate of drug-likeness (QED) is 0.307. The molecule has 0 fully saturated rings. The Kier molecular flexibility index (Phi) is 6.54. The van der Waals surface area contributed by atoms with Crippen LogP contribution in [0, 0.1) is 10.1 Å². The minimum absolute atomic E-state index is 0.110. The third-order valence-electron chi connectivity index (χ3n) is 5.41. The van der Waals surface area contributed by atoms with Gasteiger partial charge < -0.3 is 4.90 Å². The van der Waals surface area contributed by atoms with E-state index < -0.39 is 10.5 Å². The minimum Gasteiger partial charge on any atom is -0.336 e. The van der Waals surface area contributed by atoms with Crippen molar-refractivity contribution in [2.24, 2.45) is 0 Å². The molecule has 166 valence electrons. The lowest BCUT2D eigenvalue weighted by atomic mass is 10.1. The molecule has 3 aromatic carbocycles. The highest BCUT2D eigenvalue weighted by Crippen LogP contribution is 2.16. The van der Waals surface area contributed by atoms with Crippen molar-refractivity contribution in [1.29, 1.82) is 0 Å². The Morgan fingerprint density at radius 2 is 1.64 bits per heavy atom. The van der Waals surface area contributed by atoms with Gasteiger partial charge in [-0.25, -0.2) is 4.98 Å². The van der Waals surface area contributed by atoms with Gasteiger partial charge in [0.2, 0.25) is 5.91 Å². The molecule has 0 aliphatic heterocycles. The van der Waals surface area contributed by atoms with E-state index in [1.165, 1.54) is 29.1 Å². The summed E-state index contributed by atoms with van der Waals surface area (Å²) >= 11 is 0. The number of hydrogen-bond acceptors (Lipinski definition) is 5. The summed E-state index contributed by atoms with van der Waals surface area (Å²) in [5, 5.41) is 11.2. The fourth-order valence-corrected chi connectivity index (χ4v) is 3.62. The maximum atomic E-state index is 13.2. The van der Waals surface area contributed by atoms with E-state index >= 15 is 0 Å². The van der Waals surface area contributed by atoms with Gasteiger partial charge in [-0.05, 0) is 23.6 Å². The minimum atomic E-state index is -0.563. The Balaban J connectivity index is 1.58. The third kappa shape index (κ3) is 5.30. The van der Waals surface area contributed by atoms with Gasteiger partial charge in [0.25, 0.3) is 11.2 Å². The molecule has 4 aromatic rings. The van der Waals surface area contributed by atoms with Crippen LogP contribution in [0.1, 0.15) is 11.1 Å². The van der Waals surface area contributed by atoms with Gasteiger partial charge in [-0.15, -0.1) is 0 Å². The first-order valence-electron chi connectivity index (χ1n) is 10.5. The Morgan fingerprint density at radius 3 is 2.30 bits per heavy atom. The highest BCUT2D eigenvalue weighted by atomic mass is 16.6. The van der Waals surface area contributed by atoms with Gasteiger partial charge in [0.05, 0.1) is 22.2 Å². The van der Waals surface area contributed by atoms with E-state index in [4.69, 9.17) is 0 Å². The molecule has 0 spiro atoms. The Morgan fingerprint density at radius 1 is 0.970 bits per heavy atom. The average molecular weight is 442 g/mol. The molecule has 0 saturated heterocycles. The summed E-state index contributed by atoms with van der Waals surface area (Å²) in [5.41, 5.74) is 1.76. The number of fused-ring (bicyclic) bond motifs is 1. The van der Waals surface area contributed by atoms with Crippen molar-refractivity contribution < 1.29 is 9.72 Å². The van der Waals surface area contributed by atoms with Gasteiger partial charge in [-0.1, -0.05) is 60.7 Å². The summed E-state index contributed by atoms with van der Waals surface area (Å²) in [4.78, 5) is 42.6. The monoisotopic (exact) mass is 442 g/mol. The van der Waals surface area contributed by atoms with Crippen molar-refractivity contribution in [2.75, 3.05) is 6.54 Å². The molecule has 0 unspecified atom stereocenters. The number of amides is 1. The van der Waals surface area contributed by atoms with Crippen LogP contribution in [0.5, 0.6) is 0 Å². The van der Waals surface area contributed by atoms with Crippen LogP contribution >= 0.6 is 0 Å². The van der Waals surface area contributed by atoms with E-state index in [2.05, 4.69) is 4.98 Å². The fourth-order valence-electron chi connectivity index (χ4n) is 3.62. The van der Waals surface area contributed by atoms with Gasteiger partial charge >= 0.3 is 0 Å². The van der Waals surface area contributed by atoms with Crippen molar-refractivity contribution in [3.05, 3.63) is 117 Å². The Labute approximate surface area is 189 Å². The van der Waals surface area contributed by atoms with Crippen molar-refractivity contribution in [2.45, 2.75) is 19.5 Å². The molecule has 0 atom stereocenters. The molecule has 1 heterocycles. The Bertz CT molecular complexity index is 1340. The number of carbonyl (C=O) groups excluding carboxylic acids is 1. The van der Waals surface area contributed by atoms with E-state index in [9.17, 15) is 19.7 Å². The number of carbonyl (C=O) groups is 1. The van der Waals surface area contributed by atoms with Crippen LogP contribution in [0.3, 0.4) is 0 Å². The molecular formula is C25H22N4O4. The molecule has 0 N–H and O–H groups in total. The molecule has 8 nitrogen and oxygen atoms in total. The zero-order chi connectivity index (χ0) is 23.2. The van der Waals surface area contributed by atoms with Gasteiger partial charge in [0, 0.05) is 25.2 Å². The van der Waals surface area contributed by atoms with Crippen LogP contribution in [0.25, 0.3) is 10.9 Å². The topological polar surface area (TPSA) is 98.3 Å². The molecule has 33 heavy (non-hydrogen) atoms. The zero-order valence-corrected chi connectivity index (χ0v) is 17.8. The van der Waals surface area contributed by atoms with Gasteiger partial charge in [0.1, 0.15) is 6.54 Å². The summed E-state index contributed by atoms with van der Waals surface area (Å²) < 4.78 is 1.20. The molecule has 0 radical (unpaired) electrons. The average Bonchev–Trinajstić information content (AvgIpc) is 2.84. The van der Waals surface area contributed by atoms with Gasteiger partial charge in [-0.2, -0.15) is 0 Å². The van der Waals surface area contributed by atoms with Gasteiger partial charge in [-0.3, -0.25) is 24.3 Å². The summed E-state index contributed by atoms with van der Waals surface area (Å²) in [7, 11) is 0. The lowest BCUT2D eigenvalue weighted by Crippen LogP contribution is -2.37.